The molecule has 0 N–H and O–H groups in total. The summed E-state index contributed by atoms with van der Waals surface area (Å²) in [6.07, 6.45) is 3.10. The van der Waals surface area contributed by atoms with Gasteiger partial charge in [-0.15, -0.1) is 0 Å². The smallest absolute Gasteiger partial charge is 0.357 e. The average Bonchev–Trinajstić information content (AvgIpc) is 3.25. The molecule has 5 nitrogen and oxygen atoms in total. The maximum Gasteiger partial charge on any atom is 0.357 e. The Balaban J connectivity index is 1.81. The van der Waals surface area contributed by atoms with Gasteiger partial charge in [0.15, 0.2) is 5.69 Å². The van der Waals surface area contributed by atoms with Gasteiger partial charge in [0.05, 0.1) is 34.0 Å². The number of hydrogen-bond donors (Lipinski definition) is 0. The molecule has 0 aliphatic heterocycles. The molecule has 0 atom stereocenters. The number of nitriles is 1. The van der Waals surface area contributed by atoms with Crippen molar-refractivity contribution >= 4 is 29.2 Å². The van der Waals surface area contributed by atoms with Gasteiger partial charge in [-0.3, -0.25) is 0 Å². The highest BCUT2D eigenvalue weighted by Crippen LogP contribution is 2.33. The number of unbranched alkanes of at least 4 members (excludes halogenated alkanes) is 1. The molecule has 0 aliphatic carbocycles. The van der Waals surface area contributed by atoms with Gasteiger partial charge in [-0.1, -0.05) is 85.1 Å². The molecule has 4 aromatic rings. The first-order valence-electron chi connectivity index (χ1n) is 12.3. The average molecular weight is 532 g/mol. The second-order valence-electron chi connectivity index (χ2n) is 8.61. The Bertz CT molecular complexity index is 1430. The van der Waals surface area contributed by atoms with E-state index in [9.17, 15) is 10.1 Å². The van der Waals surface area contributed by atoms with Crippen molar-refractivity contribution in [2.45, 2.75) is 39.5 Å². The largest absolute Gasteiger partial charge is 0.461 e. The number of ether oxygens (including phenoxy) is 1. The van der Waals surface area contributed by atoms with E-state index in [1.807, 2.05) is 48.5 Å². The predicted octanol–water partition coefficient (Wildman–Crippen LogP) is 7.83. The molecule has 0 saturated carbocycles. The third kappa shape index (κ3) is 5.72. The maximum absolute atomic E-state index is 13.3. The number of rotatable bonds is 9. The van der Waals surface area contributed by atoms with Crippen LogP contribution in [0.1, 0.15) is 59.6 Å². The lowest BCUT2D eigenvalue weighted by Crippen LogP contribution is -2.15. The molecular weight excluding hydrogens is 505 g/mol. The fourth-order valence-corrected chi connectivity index (χ4v) is 4.88. The summed E-state index contributed by atoms with van der Waals surface area (Å²) in [5.74, 6) is -0.469. The van der Waals surface area contributed by atoms with Crippen molar-refractivity contribution in [1.29, 1.82) is 5.26 Å². The Morgan fingerprint density at radius 3 is 2.35 bits per heavy atom. The molecule has 1 heterocycles. The topological polar surface area (TPSA) is 67.9 Å². The zero-order chi connectivity index (χ0) is 26.4. The lowest BCUT2D eigenvalue weighted by Gasteiger charge is -2.12. The van der Waals surface area contributed by atoms with E-state index in [1.165, 1.54) is 0 Å². The highest BCUT2D eigenvalue weighted by molar-refractivity contribution is 6.37. The van der Waals surface area contributed by atoms with Gasteiger partial charge in [0, 0.05) is 12.0 Å². The monoisotopic (exact) mass is 531 g/mol. The van der Waals surface area contributed by atoms with Crippen LogP contribution in [0, 0.1) is 11.3 Å². The Kier molecular flexibility index (Phi) is 8.66. The van der Waals surface area contributed by atoms with Crippen LogP contribution in [0.3, 0.4) is 0 Å². The van der Waals surface area contributed by atoms with Crippen molar-refractivity contribution in [3.8, 4) is 22.9 Å². The minimum atomic E-state index is -0.469. The van der Waals surface area contributed by atoms with Crippen LogP contribution in [0.2, 0.25) is 10.0 Å². The second kappa shape index (κ2) is 12.1. The summed E-state index contributed by atoms with van der Waals surface area (Å²) in [5, 5.41) is 15.1. The van der Waals surface area contributed by atoms with Crippen molar-refractivity contribution in [3.63, 3.8) is 0 Å². The van der Waals surface area contributed by atoms with Gasteiger partial charge in [-0.05, 0) is 54.7 Å². The van der Waals surface area contributed by atoms with Gasteiger partial charge in [-0.2, -0.15) is 10.4 Å². The van der Waals surface area contributed by atoms with Gasteiger partial charge in [0.2, 0.25) is 0 Å². The number of carbonyl (C=O) groups is 1. The standard InChI is InChI=1S/C30H27Cl2N3O2/c1-3-5-13-27-24(18-20-14-16-21(17-15-20)23-10-7-6-9-22(23)19-33)28(30(36)37-4-2)35(34-27)29-25(31)11-8-12-26(29)32/h6-12,14-17H,3-5,13,18H2,1-2H3. The Morgan fingerprint density at radius 2 is 1.70 bits per heavy atom. The number of aromatic nitrogens is 2. The molecule has 188 valence electrons. The van der Waals surface area contributed by atoms with E-state index in [4.69, 9.17) is 33.0 Å². The zero-order valence-electron chi connectivity index (χ0n) is 20.8. The number of nitrogens with zero attached hydrogens (tertiary/aromatic N) is 3. The van der Waals surface area contributed by atoms with Gasteiger partial charge in [0.25, 0.3) is 0 Å². The lowest BCUT2D eigenvalue weighted by atomic mass is 9.96. The first-order chi connectivity index (χ1) is 18.0. The summed E-state index contributed by atoms with van der Waals surface area (Å²) in [7, 11) is 0. The van der Waals surface area contributed by atoms with Crippen molar-refractivity contribution in [2.24, 2.45) is 0 Å². The molecule has 0 aliphatic rings. The quantitative estimate of drug-likeness (QED) is 0.206. The molecule has 3 aromatic carbocycles. The fourth-order valence-electron chi connectivity index (χ4n) is 4.33. The van der Waals surface area contributed by atoms with Crippen LogP contribution in [-0.4, -0.2) is 22.4 Å². The molecule has 0 bridgehead atoms. The summed E-state index contributed by atoms with van der Waals surface area (Å²) >= 11 is 13.0. The lowest BCUT2D eigenvalue weighted by molar-refractivity contribution is 0.0514. The highest BCUT2D eigenvalue weighted by Gasteiger charge is 2.27. The number of aryl methyl sites for hydroxylation is 1. The van der Waals surface area contributed by atoms with Gasteiger partial charge >= 0.3 is 5.97 Å². The van der Waals surface area contributed by atoms with Gasteiger partial charge in [-0.25, -0.2) is 9.48 Å². The molecule has 0 fully saturated rings. The maximum atomic E-state index is 13.3. The van der Waals surface area contributed by atoms with Crippen LogP contribution in [-0.2, 0) is 17.6 Å². The molecule has 0 saturated heterocycles. The molecule has 0 radical (unpaired) electrons. The van der Waals surface area contributed by atoms with Crippen LogP contribution in [0.4, 0.5) is 0 Å². The number of halogens is 2. The Labute approximate surface area is 227 Å². The van der Waals surface area contributed by atoms with E-state index in [0.29, 0.717) is 39.8 Å². The summed E-state index contributed by atoms with van der Waals surface area (Å²) in [6.45, 7) is 4.12. The molecule has 4 rings (SSSR count). The van der Waals surface area contributed by atoms with Crippen LogP contribution in [0.25, 0.3) is 16.8 Å². The SMILES string of the molecule is CCCCc1nn(-c2c(Cl)cccc2Cl)c(C(=O)OCC)c1Cc1ccc(-c2ccccc2C#N)cc1. The van der Waals surface area contributed by atoms with Crippen LogP contribution >= 0.6 is 23.2 Å². The predicted molar refractivity (Wildman–Crippen MR) is 148 cm³/mol. The van der Waals surface area contributed by atoms with E-state index in [2.05, 4.69) is 13.0 Å². The summed E-state index contributed by atoms with van der Waals surface area (Å²) < 4.78 is 6.99. The third-order valence-electron chi connectivity index (χ3n) is 6.15. The van der Waals surface area contributed by atoms with E-state index in [0.717, 1.165) is 40.8 Å². The van der Waals surface area contributed by atoms with Crippen molar-refractivity contribution in [2.75, 3.05) is 6.61 Å². The molecule has 7 heteroatoms. The van der Waals surface area contributed by atoms with E-state index in [-0.39, 0.29) is 6.61 Å². The molecule has 0 spiro atoms. The highest BCUT2D eigenvalue weighted by atomic mass is 35.5. The van der Waals surface area contributed by atoms with Crippen LogP contribution < -0.4 is 0 Å². The number of esters is 1. The second-order valence-corrected chi connectivity index (χ2v) is 9.43. The summed E-state index contributed by atoms with van der Waals surface area (Å²) in [6, 6.07) is 23.0. The molecular formula is C30H27Cl2N3O2. The van der Waals surface area contributed by atoms with E-state index in [1.54, 1.807) is 29.8 Å². The summed E-state index contributed by atoms with van der Waals surface area (Å²) in [5.41, 5.74) is 5.88. The molecule has 0 amide bonds. The minimum absolute atomic E-state index is 0.233. The Morgan fingerprint density at radius 1 is 1.00 bits per heavy atom. The molecule has 37 heavy (non-hydrogen) atoms. The van der Waals surface area contributed by atoms with Gasteiger partial charge < -0.3 is 4.74 Å². The van der Waals surface area contributed by atoms with E-state index < -0.39 is 5.97 Å². The minimum Gasteiger partial charge on any atom is -0.461 e. The first kappa shape index (κ1) is 26.5. The number of hydrogen-bond acceptors (Lipinski definition) is 4. The van der Waals surface area contributed by atoms with Crippen LogP contribution in [0.15, 0.2) is 66.7 Å². The Hall–Kier alpha value is -3.59. The number of para-hydroxylation sites is 1. The summed E-state index contributed by atoms with van der Waals surface area (Å²) in [4.78, 5) is 13.3. The zero-order valence-corrected chi connectivity index (χ0v) is 22.3. The van der Waals surface area contributed by atoms with Crippen molar-refractivity contribution < 1.29 is 9.53 Å². The fraction of sp³-hybridized carbons (Fsp3) is 0.233. The first-order valence-corrected chi connectivity index (χ1v) is 13.0. The molecule has 1 aromatic heterocycles. The number of carbonyl (C=O) groups excluding carboxylic acids is 1. The third-order valence-corrected chi connectivity index (χ3v) is 6.76. The normalized spacial score (nSPS) is 10.8. The van der Waals surface area contributed by atoms with Crippen LogP contribution in [0.5, 0.6) is 0 Å². The van der Waals surface area contributed by atoms with E-state index >= 15 is 0 Å². The molecule has 0 unspecified atom stereocenters. The van der Waals surface area contributed by atoms with Crippen molar-refractivity contribution in [1.82, 2.24) is 9.78 Å². The van der Waals surface area contributed by atoms with Crippen molar-refractivity contribution in [3.05, 3.63) is 105 Å². The van der Waals surface area contributed by atoms with Gasteiger partial charge in [0.1, 0.15) is 5.69 Å². The number of benzene rings is 3.